The molecular weight excluding hydrogens is 450 g/mol. The topological polar surface area (TPSA) is 137 Å². The Bertz CT molecular complexity index is 1380. The number of phenolic OH excluding ortho intramolecular Hbond substituents is 1. The van der Waals surface area contributed by atoms with E-state index in [2.05, 4.69) is 25.2 Å². The average molecular weight is 470 g/mol. The SMILES string of the molecule is Cc1cc(C)c(O)c(-c2cc(C(=O)Nc3ccc(S(=O)(=O)Nc4nccs4)cc3)[nH]n2)c1. The molecule has 2 heterocycles. The summed E-state index contributed by atoms with van der Waals surface area (Å²) < 4.78 is 27.2. The molecule has 0 bridgehead atoms. The fourth-order valence-corrected chi connectivity index (χ4v) is 4.88. The Balaban J connectivity index is 1.48. The van der Waals surface area contributed by atoms with E-state index in [4.69, 9.17) is 0 Å². The van der Waals surface area contributed by atoms with Gasteiger partial charge in [0.2, 0.25) is 0 Å². The first-order chi connectivity index (χ1) is 15.2. The monoisotopic (exact) mass is 469 g/mol. The van der Waals surface area contributed by atoms with E-state index >= 15 is 0 Å². The Morgan fingerprint density at radius 2 is 1.88 bits per heavy atom. The third-order valence-electron chi connectivity index (χ3n) is 4.62. The second kappa shape index (κ2) is 8.44. The molecule has 11 heteroatoms. The zero-order valence-corrected chi connectivity index (χ0v) is 18.7. The minimum Gasteiger partial charge on any atom is -0.507 e. The Labute approximate surface area is 188 Å². The number of nitrogens with one attached hydrogen (secondary N) is 3. The number of benzene rings is 2. The minimum atomic E-state index is -3.77. The zero-order chi connectivity index (χ0) is 22.9. The van der Waals surface area contributed by atoms with Crippen LogP contribution in [0, 0.1) is 13.8 Å². The number of nitrogens with zero attached hydrogens (tertiary/aromatic N) is 2. The van der Waals surface area contributed by atoms with E-state index in [1.807, 2.05) is 13.0 Å². The van der Waals surface area contributed by atoms with Crippen LogP contribution in [0.25, 0.3) is 11.3 Å². The largest absolute Gasteiger partial charge is 0.507 e. The molecule has 2 aromatic carbocycles. The molecule has 4 N–H and O–H groups in total. The van der Waals surface area contributed by atoms with Crippen molar-refractivity contribution in [2.24, 2.45) is 0 Å². The summed E-state index contributed by atoms with van der Waals surface area (Å²) in [5.74, 6) is -0.346. The van der Waals surface area contributed by atoms with Crippen LogP contribution in [0.4, 0.5) is 10.8 Å². The van der Waals surface area contributed by atoms with Crippen LogP contribution < -0.4 is 10.0 Å². The van der Waals surface area contributed by atoms with Gasteiger partial charge in [-0.2, -0.15) is 5.10 Å². The fourth-order valence-electron chi connectivity index (χ4n) is 3.09. The molecule has 0 atom stereocenters. The van der Waals surface area contributed by atoms with Crippen molar-refractivity contribution < 1.29 is 18.3 Å². The van der Waals surface area contributed by atoms with Crippen LogP contribution in [0.2, 0.25) is 0 Å². The number of amides is 1. The normalized spacial score (nSPS) is 11.3. The predicted molar refractivity (Wildman–Crippen MR) is 122 cm³/mol. The minimum absolute atomic E-state index is 0.0415. The molecule has 4 rings (SSSR count). The number of phenols is 1. The average Bonchev–Trinajstić information content (AvgIpc) is 3.43. The summed E-state index contributed by atoms with van der Waals surface area (Å²) in [6.07, 6.45) is 1.50. The smallest absolute Gasteiger partial charge is 0.273 e. The van der Waals surface area contributed by atoms with Crippen molar-refractivity contribution in [2.75, 3.05) is 10.0 Å². The Morgan fingerprint density at radius 1 is 1.12 bits per heavy atom. The Kier molecular flexibility index (Phi) is 5.68. The molecule has 9 nitrogen and oxygen atoms in total. The quantitative estimate of drug-likeness (QED) is 0.338. The third kappa shape index (κ3) is 4.48. The second-order valence-electron chi connectivity index (χ2n) is 7.07. The number of aromatic nitrogens is 3. The van der Waals surface area contributed by atoms with Gasteiger partial charge in [-0.25, -0.2) is 13.4 Å². The maximum atomic E-state index is 12.6. The molecule has 32 heavy (non-hydrogen) atoms. The molecule has 0 aliphatic carbocycles. The molecule has 0 saturated carbocycles. The van der Waals surface area contributed by atoms with Crippen molar-refractivity contribution in [1.29, 1.82) is 0 Å². The predicted octanol–water partition coefficient (Wildman–Crippen LogP) is 3.91. The molecule has 0 aliphatic rings. The summed E-state index contributed by atoms with van der Waals surface area (Å²) in [5.41, 5.74) is 3.25. The zero-order valence-electron chi connectivity index (χ0n) is 17.1. The number of H-pyrrole nitrogens is 1. The molecule has 1 amide bonds. The highest BCUT2D eigenvalue weighted by Crippen LogP contribution is 2.32. The van der Waals surface area contributed by atoms with Gasteiger partial charge >= 0.3 is 0 Å². The van der Waals surface area contributed by atoms with Crippen LogP contribution in [-0.2, 0) is 10.0 Å². The molecule has 2 aromatic heterocycles. The van der Waals surface area contributed by atoms with E-state index < -0.39 is 15.9 Å². The maximum absolute atomic E-state index is 12.6. The summed E-state index contributed by atoms with van der Waals surface area (Å²) >= 11 is 1.17. The van der Waals surface area contributed by atoms with Gasteiger partial charge in [0.15, 0.2) is 5.13 Å². The highest BCUT2D eigenvalue weighted by Gasteiger charge is 2.17. The van der Waals surface area contributed by atoms with E-state index in [1.54, 1.807) is 24.4 Å². The number of carbonyl (C=O) groups excluding carboxylic acids is 1. The van der Waals surface area contributed by atoms with Crippen LogP contribution >= 0.6 is 11.3 Å². The van der Waals surface area contributed by atoms with E-state index in [1.165, 1.54) is 41.8 Å². The molecule has 0 aliphatic heterocycles. The first-order valence-corrected chi connectivity index (χ1v) is 11.8. The Morgan fingerprint density at radius 3 is 2.56 bits per heavy atom. The number of thiazole rings is 1. The van der Waals surface area contributed by atoms with Crippen molar-refractivity contribution in [3.63, 3.8) is 0 Å². The van der Waals surface area contributed by atoms with Crippen LogP contribution in [0.5, 0.6) is 5.75 Å². The van der Waals surface area contributed by atoms with Crippen molar-refractivity contribution >= 4 is 38.1 Å². The van der Waals surface area contributed by atoms with Crippen molar-refractivity contribution in [3.8, 4) is 17.0 Å². The molecule has 0 fully saturated rings. The first-order valence-electron chi connectivity index (χ1n) is 9.42. The highest BCUT2D eigenvalue weighted by molar-refractivity contribution is 7.93. The number of hydrogen-bond acceptors (Lipinski definition) is 7. The third-order valence-corrected chi connectivity index (χ3v) is 6.79. The summed E-state index contributed by atoms with van der Waals surface area (Å²) in [6, 6.07) is 10.9. The lowest BCUT2D eigenvalue weighted by atomic mass is 10.0. The number of aromatic amines is 1. The van der Waals surface area contributed by atoms with Gasteiger partial charge in [-0.05, 0) is 61.4 Å². The van der Waals surface area contributed by atoms with Crippen LogP contribution in [-0.4, -0.2) is 34.6 Å². The maximum Gasteiger partial charge on any atom is 0.273 e. The number of hydrogen-bond donors (Lipinski definition) is 4. The number of aromatic hydroxyl groups is 1. The number of aryl methyl sites for hydroxylation is 2. The summed E-state index contributed by atoms with van der Waals surface area (Å²) in [5, 5.41) is 21.7. The van der Waals surface area contributed by atoms with E-state index in [9.17, 15) is 18.3 Å². The summed E-state index contributed by atoms with van der Waals surface area (Å²) in [7, 11) is -3.77. The van der Waals surface area contributed by atoms with Gasteiger partial charge in [0.25, 0.3) is 15.9 Å². The van der Waals surface area contributed by atoms with Gasteiger partial charge in [0.05, 0.1) is 10.6 Å². The molecular formula is C21H19N5O4S2. The van der Waals surface area contributed by atoms with Gasteiger partial charge in [0.1, 0.15) is 11.4 Å². The lowest BCUT2D eigenvalue weighted by Crippen LogP contribution is -2.14. The van der Waals surface area contributed by atoms with E-state index in [0.29, 0.717) is 22.5 Å². The van der Waals surface area contributed by atoms with Gasteiger partial charge in [-0.15, -0.1) is 11.3 Å². The highest BCUT2D eigenvalue weighted by atomic mass is 32.2. The molecule has 0 radical (unpaired) electrons. The van der Waals surface area contributed by atoms with Crippen LogP contribution in [0.15, 0.2) is 58.9 Å². The van der Waals surface area contributed by atoms with Gasteiger partial charge in [0, 0.05) is 22.8 Å². The fraction of sp³-hybridized carbons (Fsp3) is 0.0952. The molecule has 0 unspecified atom stereocenters. The van der Waals surface area contributed by atoms with Crippen molar-refractivity contribution in [2.45, 2.75) is 18.7 Å². The summed E-state index contributed by atoms with van der Waals surface area (Å²) in [6.45, 7) is 3.70. The number of carbonyl (C=O) groups is 1. The number of rotatable bonds is 6. The Hall–Kier alpha value is -3.70. The number of anilines is 2. The molecule has 164 valence electrons. The summed E-state index contributed by atoms with van der Waals surface area (Å²) in [4.78, 5) is 16.5. The van der Waals surface area contributed by atoms with Crippen LogP contribution in [0.3, 0.4) is 0 Å². The van der Waals surface area contributed by atoms with Gasteiger partial charge < -0.3 is 10.4 Å². The lowest BCUT2D eigenvalue weighted by Gasteiger charge is -2.07. The molecule has 4 aromatic rings. The molecule has 0 spiro atoms. The lowest BCUT2D eigenvalue weighted by molar-refractivity contribution is 0.102. The van der Waals surface area contributed by atoms with E-state index in [-0.39, 0.29) is 21.5 Å². The number of sulfonamides is 1. The molecule has 0 saturated heterocycles. The van der Waals surface area contributed by atoms with Crippen LogP contribution in [0.1, 0.15) is 21.6 Å². The van der Waals surface area contributed by atoms with Crippen molar-refractivity contribution in [1.82, 2.24) is 15.2 Å². The van der Waals surface area contributed by atoms with Gasteiger partial charge in [-0.1, -0.05) is 6.07 Å². The van der Waals surface area contributed by atoms with Gasteiger partial charge in [-0.3, -0.25) is 14.6 Å². The standard InChI is InChI=1S/C21H19N5O4S2/c1-12-9-13(2)19(27)16(10-12)17-11-18(25-24-17)20(28)23-14-3-5-15(6-4-14)32(29,30)26-21-22-7-8-31-21/h3-11,27H,1-2H3,(H,22,26)(H,23,28)(H,24,25). The van der Waals surface area contributed by atoms with E-state index in [0.717, 1.165) is 5.56 Å². The second-order valence-corrected chi connectivity index (χ2v) is 9.64. The first kappa shape index (κ1) is 21.5. The van der Waals surface area contributed by atoms with Crippen molar-refractivity contribution in [3.05, 3.63) is 70.9 Å².